The van der Waals surface area contributed by atoms with Crippen LogP contribution in [0.25, 0.3) is 0 Å². The molecule has 14 heavy (non-hydrogen) atoms. The zero-order valence-corrected chi connectivity index (χ0v) is 8.87. The fourth-order valence-corrected chi connectivity index (χ4v) is 1.50. The second-order valence-corrected chi connectivity index (χ2v) is 4.59. The summed E-state index contributed by atoms with van der Waals surface area (Å²) in [7, 11) is 0. The van der Waals surface area contributed by atoms with E-state index in [1.54, 1.807) is 12.1 Å². The SMILES string of the molecule is CC1(NCc2ccc(Cl)cc2F)CC1. The fourth-order valence-electron chi connectivity index (χ4n) is 1.34. The standard InChI is InChI=1S/C11H13ClFN/c1-11(4-5-11)14-7-8-2-3-9(12)6-10(8)13/h2-3,6,14H,4-5,7H2,1H3. The van der Waals surface area contributed by atoms with Gasteiger partial charge in [-0.15, -0.1) is 0 Å². The molecule has 0 unspecified atom stereocenters. The number of hydrogen-bond donors (Lipinski definition) is 1. The van der Waals surface area contributed by atoms with E-state index < -0.39 is 0 Å². The second kappa shape index (κ2) is 3.52. The molecule has 0 heterocycles. The van der Waals surface area contributed by atoms with Gasteiger partial charge in [0, 0.05) is 22.7 Å². The Morgan fingerprint density at radius 3 is 2.79 bits per heavy atom. The topological polar surface area (TPSA) is 12.0 Å². The number of halogens is 2. The molecule has 0 spiro atoms. The van der Waals surface area contributed by atoms with Gasteiger partial charge in [-0.2, -0.15) is 0 Å². The molecule has 1 fully saturated rings. The minimum atomic E-state index is -0.228. The van der Waals surface area contributed by atoms with Crippen LogP contribution in [0.2, 0.25) is 5.02 Å². The summed E-state index contributed by atoms with van der Waals surface area (Å²) in [6.45, 7) is 2.74. The summed E-state index contributed by atoms with van der Waals surface area (Å²) in [4.78, 5) is 0. The van der Waals surface area contributed by atoms with Gasteiger partial charge in [-0.3, -0.25) is 0 Å². The number of nitrogens with one attached hydrogen (secondary N) is 1. The molecule has 1 aliphatic carbocycles. The Labute approximate surface area is 88.3 Å². The highest BCUT2D eigenvalue weighted by Crippen LogP contribution is 2.34. The van der Waals surface area contributed by atoms with Crippen molar-refractivity contribution in [2.24, 2.45) is 0 Å². The predicted octanol–water partition coefficient (Wildman–Crippen LogP) is 3.12. The van der Waals surface area contributed by atoms with Crippen molar-refractivity contribution >= 4 is 11.6 Å². The average Bonchev–Trinajstić information content (AvgIpc) is 2.83. The van der Waals surface area contributed by atoms with Crippen molar-refractivity contribution in [1.82, 2.24) is 5.32 Å². The molecular formula is C11H13ClFN. The maximum atomic E-state index is 13.3. The predicted molar refractivity (Wildman–Crippen MR) is 55.9 cm³/mol. The van der Waals surface area contributed by atoms with Crippen LogP contribution < -0.4 is 5.32 Å². The summed E-state index contributed by atoms with van der Waals surface area (Å²) >= 11 is 5.66. The Kier molecular flexibility index (Phi) is 2.50. The van der Waals surface area contributed by atoms with Gasteiger partial charge in [0.05, 0.1) is 0 Å². The van der Waals surface area contributed by atoms with Crippen LogP contribution in [-0.2, 0) is 6.54 Å². The second-order valence-electron chi connectivity index (χ2n) is 4.15. The molecule has 0 amide bonds. The van der Waals surface area contributed by atoms with Crippen molar-refractivity contribution in [3.8, 4) is 0 Å². The van der Waals surface area contributed by atoms with E-state index in [9.17, 15) is 4.39 Å². The van der Waals surface area contributed by atoms with Crippen LogP contribution in [0.5, 0.6) is 0 Å². The molecule has 0 radical (unpaired) electrons. The van der Waals surface area contributed by atoms with Crippen LogP contribution in [0.15, 0.2) is 18.2 Å². The Bertz CT molecular complexity index is 347. The molecule has 2 rings (SSSR count). The molecular weight excluding hydrogens is 201 g/mol. The van der Waals surface area contributed by atoms with Gasteiger partial charge in [0.15, 0.2) is 0 Å². The molecule has 1 aromatic carbocycles. The molecule has 0 aliphatic heterocycles. The van der Waals surface area contributed by atoms with E-state index in [0.717, 1.165) is 0 Å². The van der Waals surface area contributed by atoms with Crippen LogP contribution in [-0.4, -0.2) is 5.54 Å². The highest BCUT2D eigenvalue weighted by Gasteiger charge is 2.36. The Morgan fingerprint density at radius 2 is 2.21 bits per heavy atom. The van der Waals surface area contributed by atoms with Crippen LogP contribution in [0, 0.1) is 5.82 Å². The molecule has 1 nitrogen and oxygen atoms in total. The first-order valence-electron chi connectivity index (χ1n) is 4.78. The van der Waals surface area contributed by atoms with Crippen LogP contribution in [0.1, 0.15) is 25.3 Å². The molecule has 1 saturated carbocycles. The van der Waals surface area contributed by atoms with Gasteiger partial charge in [-0.25, -0.2) is 4.39 Å². The first-order chi connectivity index (χ1) is 6.59. The zero-order valence-electron chi connectivity index (χ0n) is 8.11. The highest BCUT2D eigenvalue weighted by atomic mass is 35.5. The lowest BCUT2D eigenvalue weighted by Crippen LogP contribution is -2.27. The van der Waals surface area contributed by atoms with Crippen molar-refractivity contribution in [3.63, 3.8) is 0 Å². The Balaban J connectivity index is 2.02. The van der Waals surface area contributed by atoms with E-state index in [1.807, 2.05) is 0 Å². The smallest absolute Gasteiger partial charge is 0.129 e. The molecule has 0 bridgehead atoms. The van der Waals surface area contributed by atoms with Gasteiger partial charge in [-0.1, -0.05) is 17.7 Å². The van der Waals surface area contributed by atoms with E-state index in [1.165, 1.54) is 18.9 Å². The lowest BCUT2D eigenvalue weighted by atomic mass is 10.2. The third-order valence-electron chi connectivity index (χ3n) is 2.72. The van der Waals surface area contributed by atoms with Gasteiger partial charge in [0.1, 0.15) is 5.82 Å². The molecule has 1 aromatic rings. The Morgan fingerprint density at radius 1 is 1.50 bits per heavy atom. The quantitative estimate of drug-likeness (QED) is 0.814. The Hall–Kier alpha value is -0.600. The first-order valence-corrected chi connectivity index (χ1v) is 5.16. The van der Waals surface area contributed by atoms with Crippen molar-refractivity contribution in [2.75, 3.05) is 0 Å². The third kappa shape index (κ3) is 2.25. The monoisotopic (exact) mass is 213 g/mol. The largest absolute Gasteiger partial charge is 0.307 e. The van der Waals surface area contributed by atoms with Gasteiger partial charge in [-0.05, 0) is 31.9 Å². The van der Waals surface area contributed by atoms with Gasteiger partial charge in [0.2, 0.25) is 0 Å². The maximum Gasteiger partial charge on any atom is 0.129 e. The third-order valence-corrected chi connectivity index (χ3v) is 2.96. The fraction of sp³-hybridized carbons (Fsp3) is 0.455. The van der Waals surface area contributed by atoms with Crippen molar-refractivity contribution in [3.05, 3.63) is 34.6 Å². The van der Waals surface area contributed by atoms with E-state index in [4.69, 9.17) is 11.6 Å². The summed E-state index contributed by atoms with van der Waals surface area (Å²) in [6, 6.07) is 4.81. The molecule has 1 N–H and O–H groups in total. The van der Waals surface area contributed by atoms with Crippen LogP contribution in [0.3, 0.4) is 0 Å². The zero-order chi connectivity index (χ0) is 10.2. The minimum Gasteiger partial charge on any atom is -0.307 e. The minimum absolute atomic E-state index is 0.228. The van der Waals surface area contributed by atoms with Crippen LogP contribution >= 0.6 is 11.6 Å². The van der Waals surface area contributed by atoms with Gasteiger partial charge < -0.3 is 5.32 Å². The van der Waals surface area contributed by atoms with E-state index in [2.05, 4.69) is 12.2 Å². The summed E-state index contributed by atoms with van der Waals surface area (Å²) in [5, 5.41) is 3.77. The van der Waals surface area contributed by atoms with Gasteiger partial charge in [0.25, 0.3) is 0 Å². The average molecular weight is 214 g/mol. The van der Waals surface area contributed by atoms with Crippen molar-refractivity contribution in [2.45, 2.75) is 31.8 Å². The molecule has 0 saturated heterocycles. The molecule has 0 atom stereocenters. The molecule has 3 heteroatoms. The number of benzene rings is 1. The lowest BCUT2D eigenvalue weighted by molar-refractivity contribution is 0.518. The van der Waals surface area contributed by atoms with E-state index >= 15 is 0 Å². The maximum absolute atomic E-state index is 13.3. The summed E-state index contributed by atoms with van der Waals surface area (Å²) in [5.41, 5.74) is 0.925. The number of hydrogen-bond acceptors (Lipinski definition) is 1. The summed E-state index contributed by atoms with van der Waals surface area (Å²) < 4.78 is 13.3. The molecule has 76 valence electrons. The summed E-state index contributed by atoms with van der Waals surface area (Å²) in [5.74, 6) is -0.228. The summed E-state index contributed by atoms with van der Waals surface area (Å²) in [6.07, 6.45) is 2.37. The highest BCUT2D eigenvalue weighted by molar-refractivity contribution is 6.30. The molecule has 1 aliphatic rings. The van der Waals surface area contributed by atoms with Crippen molar-refractivity contribution < 1.29 is 4.39 Å². The van der Waals surface area contributed by atoms with Gasteiger partial charge >= 0.3 is 0 Å². The van der Waals surface area contributed by atoms with E-state index in [0.29, 0.717) is 17.1 Å². The first kappa shape index (κ1) is 9.94. The van der Waals surface area contributed by atoms with E-state index in [-0.39, 0.29) is 11.4 Å². The normalized spacial score (nSPS) is 18.2. The van der Waals surface area contributed by atoms with Crippen molar-refractivity contribution in [1.29, 1.82) is 0 Å². The number of rotatable bonds is 3. The van der Waals surface area contributed by atoms with Crippen LogP contribution in [0.4, 0.5) is 4.39 Å². The lowest BCUT2D eigenvalue weighted by Gasteiger charge is -2.11. The molecule has 0 aromatic heterocycles.